The van der Waals surface area contributed by atoms with E-state index in [0.717, 1.165) is 45.0 Å². The largest absolute Gasteiger partial charge is 0.481 e. The van der Waals surface area contributed by atoms with Crippen molar-refractivity contribution in [2.75, 3.05) is 44.2 Å². The summed E-state index contributed by atoms with van der Waals surface area (Å²) >= 11 is 0. The van der Waals surface area contributed by atoms with Crippen molar-refractivity contribution in [3.05, 3.63) is 65.5 Å². The fraction of sp³-hybridized carbons (Fsp3) is 0.440. The Morgan fingerprint density at radius 2 is 1.76 bits per heavy atom. The van der Waals surface area contributed by atoms with Crippen LogP contribution in [0.2, 0.25) is 0 Å². The minimum absolute atomic E-state index is 0.0848. The molecule has 2 aromatic carbocycles. The predicted octanol–water partition coefficient (Wildman–Crippen LogP) is 2.65. The van der Waals surface area contributed by atoms with E-state index in [-0.39, 0.29) is 12.0 Å². The van der Waals surface area contributed by atoms with Crippen molar-refractivity contribution in [2.24, 2.45) is 0 Å². The van der Waals surface area contributed by atoms with Crippen LogP contribution in [0.3, 0.4) is 0 Å². The van der Waals surface area contributed by atoms with Gasteiger partial charge >= 0.3 is 5.97 Å². The maximum atomic E-state index is 14.9. The van der Waals surface area contributed by atoms with Crippen molar-refractivity contribution in [3.63, 3.8) is 0 Å². The third-order valence-electron chi connectivity index (χ3n) is 6.59. The molecule has 2 aliphatic rings. The van der Waals surface area contributed by atoms with E-state index in [2.05, 4.69) is 20.4 Å². The maximum Gasteiger partial charge on any atom is 0.305 e. The first kappa shape index (κ1) is 23.2. The quantitative estimate of drug-likeness (QED) is 0.597. The monoisotopic (exact) mass is 454 g/mol. The van der Waals surface area contributed by atoms with Gasteiger partial charge in [-0.2, -0.15) is 0 Å². The number of carbonyl (C=O) groups excluding carboxylic acids is 1. The first-order valence-corrected chi connectivity index (χ1v) is 11.6. The molecule has 2 aromatic rings. The van der Waals surface area contributed by atoms with Gasteiger partial charge in [0.1, 0.15) is 5.82 Å². The normalized spacial score (nSPS) is 18.6. The number of piperidine rings is 1. The molecule has 2 heterocycles. The summed E-state index contributed by atoms with van der Waals surface area (Å²) in [6.07, 6.45) is 2.06. The van der Waals surface area contributed by atoms with Crippen LogP contribution < -0.4 is 15.5 Å². The molecule has 7 nitrogen and oxygen atoms in total. The summed E-state index contributed by atoms with van der Waals surface area (Å²) in [6.45, 7) is 5.67. The van der Waals surface area contributed by atoms with E-state index >= 15 is 0 Å². The molecule has 1 atom stereocenters. The lowest BCUT2D eigenvalue weighted by Gasteiger charge is -2.41. The number of carboxylic acids is 1. The predicted molar refractivity (Wildman–Crippen MR) is 125 cm³/mol. The molecular weight excluding hydrogens is 423 g/mol. The van der Waals surface area contributed by atoms with Crippen LogP contribution in [0.25, 0.3) is 0 Å². The number of rotatable bonds is 7. The summed E-state index contributed by atoms with van der Waals surface area (Å²) in [5, 5.41) is 15.3. The molecule has 0 radical (unpaired) electrons. The van der Waals surface area contributed by atoms with Crippen LogP contribution >= 0.6 is 0 Å². The van der Waals surface area contributed by atoms with Gasteiger partial charge in [-0.15, -0.1) is 0 Å². The highest BCUT2D eigenvalue weighted by Gasteiger charge is 2.26. The zero-order valence-corrected chi connectivity index (χ0v) is 18.7. The minimum atomic E-state index is -1.04. The lowest BCUT2D eigenvalue weighted by Crippen LogP contribution is -2.52. The average molecular weight is 455 g/mol. The van der Waals surface area contributed by atoms with E-state index in [1.807, 2.05) is 6.07 Å². The van der Waals surface area contributed by atoms with Gasteiger partial charge in [0.15, 0.2) is 0 Å². The third-order valence-corrected chi connectivity index (χ3v) is 6.59. The lowest BCUT2D eigenvalue weighted by molar-refractivity contribution is -0.137. The Bertz CT molecular complexity index is 957. The second-order valence-electron chi connectivity index (χ2n) is 8.70. The molecule has 0 spiro atoms. The van der Waals surface area contributed by atoms with Crippen molar-refractivity contribution >= 4 is 17.6 Å². The zero-order chi connectivity index (χ0) is 23.2. The van der Waals surface area contributed by atoms with E-state index in [1.54, 1.807) is 30.3 Å². The summed E-state index contributed by atoms with van der Waals surface area (Å²) in [6, 6.07) is 13.4. The van der Waals surface area contributed by atoms with Crippen LogP contribution in [-0.2, 0) is 4.79 Å². The molecule has 0 aromatic heterocycles. The number of nitrogens with zero attached hydrogens (tertiary/aromatic N) is 2. The maximum absolute atomic E-state index is 14.9. The molecule has 0 aliphatic carbocycles. The average Bonchev–Trinajstić information content (AvgIpc) is 2.84. The van der Waals surface area contributed by atoms with Crippen LogP contribution in [0, 0.1) is 5.82 Å². The molecule has 0 bridgehead atoms. The Kier molecular flexibility index (Phi) is 7.57. The van der Waals surface area contributed by atoms with Gasteiger partial charge in [0.2, 0.25) is 0 Å². The summed E-state index contributed by atoms with van der Waals surface area (Å²) in [7, 11) is 0. The van der Waals surface area contributed by atoms with Crippen molar-refractivity contribution in [2.45, 2.75) is 31.3 Å². The summed E-state index contributed by atoms with van der Waals surface area (Å²) < 4.78 is 14.9. The fourth-order valence-corrected chi connectivity index (χ4v) is 4.75. The van der Waals surface area contributed by atoms with E-state index < -0.39 is 23.7 Å². The third kappa shape index (κ3) is 5.89. The van der Waals surface area contributed by atoms with Crippen molar-refractivity contribution < 1.29 is 19.1 Å². The molecule has 1 amide bonds. The molecule has 4 rings (SSSR count). The van der Waals surface area contributed by atoms with Gasteiger partial charge in [-0.3, -0.25) is 14.5 Å². The minimum Gasteiger partial charge on any atom is -0.481 e. The number of piperazine rings is 1. The van der Waals surface area contributed by atoms with Crippen LogP contribution in [-0.4, -0.2) is 67.2 Å². The highest BCUT2D eigenvalue weighted by Crippen LogP contribution is 2.23. The smallest absolute Gasteiger partial charge is 0.305 e. The molecule has 176 valence electrons. The van der Waals surface area contributed by atoms with Crippen LogP contribution in [0.4, 0.5) is 10.1 Å². The van der Waals surface area contributed by atoms with Crippen molar-refractivity contribution in [1.82, 2.24) is 15.5 Å². The van der Waals surface area contributed by atoms with Crippen LogP contribution in [0.15, 0.2) is 48.5 Å². The van der Waals surface area contributed by atoms with Gasteiger partial charge in [-0.25, -0.2) is 4.39 Å². The molecule has 33 heavy (non-hydrogen) atoms. The fourth-order valence-electron chi connectivity index (χ4n) is 4.75. The van der Waals surface area contributed by atoms with E-state index in [4.69, 9.17) is 0 Å². The Hall–Kier alpha value is -2.97. The summed E-state index contributed by atoms with van der Waals surface area (Å²) in [4.78, 5) is 28.7. The SMILES string of the molecule is O=C(O)CC(NC(=O)c1ccc(N2CCN(C3CCNCC3)CC2)cc1F)c1ccccc1. The van der Waals surface area contributed by atoms with Crippen molar-refractivity contribution in [1.29, 1.82) is 0 Å². The van der Waals surface area contributed by atoms with Gasteiger partial charge in [-0.05, 0) is 49.7 Å². The second-order valence-corrected chi connectivity index (χ2v) is 8.70. The number of carboxylic acid groups (broad SMARTS) is 1. The molecule has 8 heteroatoms. The number of aliphatic carboxylic acids is 1. The van der Waals surface area contributed by atoms with Crippen LogP contribution in [0.5, 0.6) is 0 Å². The Morgan fingerprint density at radius 1 is 1.06 bits per heavy atom. The highest BCUT2D eigenvalue weighted by atomic mass is 19.1. The molecule has 2 saturated heterocycles. The number of anilines is 1. The Labute approximate surface area is 193 Å². The molecule has 2 fully saturated rings. The number of carbonyl (C=O) groups is 2. The number of amides is 1. The van der Waals surface area contributed by atoms with Gasteiger partial charge < -0.3 is 20.6 Å². The molecule has 1 unspecified atom stereocenters. The summed E-state index contributed by atoms with van der Waals surface area (Å²) in [5.41, 5.74) is 1.34. The van der Waals surface area contributed by atoms with E-state index in [1.165, 1.54) is 25.0 Å². The number of hydrogen-bond acceptors (Lipinski definition) is 5. The van der Waals surface area contributed by atoms with Gasteiger partial charge in [0, 0.05) is 37.9 Å². The highest BCUT2D eigenvalue weighted by molar-refractivity contribution is 5.95. The first-order chi connectivity index (χ1) is 16.0. The van der Waals surface area contributed by atoms with Crippen molar-refractivity contribution in [3.8, 4) is 0 Å². The van der Waals surface area contributed by atoms with E-state index in [0.29, 0.717) is 11.6 Å². The molecular formula is C25H31FN4O3. The Morgan fingerprint density at radius 3 is 2.39 bits per heavy atom. The molecule has 2 aliphatic heterocycles. The zero-order valence-electron chi connectivity index (χ0n) is 18.7. The number of nitrogens with one attached hydrogen (secondary N) is 2. The first-order valence-electron chi connectivity index (χ1n) is 11.6. The molecule has 0 saturated carbocycles. The van der Waals surface area contributed by atoms with Crippen LogP contribution in [0.1, 0.15) is 41.2 Å². The van der Waals surface area contributed by atoms with E-state index in [9.17, 15) is 19.1 Å². The lowest BCUT2D eigenvalue weighted by atomic mass is 10.0. The number of benzene rings is 2. The second kappa shape index (κ2) is 10.8. The van der Waals surface area contributed by atoms with Gasteiger partial charge in [0.05, 0.1) is 18.0 Å². The number of halogens is 1. The number of hydrogen-bond donors (Lipinski definition) is 3. The topological polar surface area (TPSA) is 84.9 Å². The standard InChI is InChI=1S/C25H31FN4O3/c26-22-16-20(30-14-12-29(13-15-30)19-8-10-27-11-9-19)6-7-21(22)25(33)28-23(17-24(31)32)18-4-2-1-3-5-18/h1-7,16,19,23,27H,8-15,17H2,(H,28,33)(H,31,32). The molecule has 3 N–H and O–H groups in total. The summed E-state index contributed by atoms with van der Waals surface area (Å²) in [5.74, 6) is -2.26. The van der Waals surface area contributed by atoms with Gasteiger partial charge in [-0.1, -0.05) is 30.3 Å². The Balaban J connectivity index is 1.39. The van der Waals surface area contributed by atoms with Gasteiger partial charge in [0.25, 0.3) is 5.91 Å².